The molecule has 27 heavy (non-hydrogen) atoms. The van der Waals surface area contributed by atoms with E-state index in [9.17, 15) is 13.2 Å². The van der Waals surface area contributed by atoms with Crippen LogP contribution < -0.4 is 10.5 Å². The maximum absolute atomic E-state index is 12.8. The van der Waals surface area contributed by atoms with Crippen LogP contribution in [0.2, 0.25) is 0 Å². The fraction of sp³-hybridized carbons (Fsp3) is 0.211. The third-order valence-electron chi connectivity index (χ3n) is 4.69. The second-order valence-corrected chi connectivity index (χ2v) is 9.12. The predicted octanol–water partition coefficient (Wildman–Crippen LogP) is 2.56. The molecular formula is C19H19N3O3S2. The summed E-state index contributed by atoms with van der Waals surface area (Å²) >= 11 is 1.58. The van der Waals surface area contributed by atoms with Gasteiger partial charge in [-0.1, -0.05) is 12.1 Å². The number of benzene rings is 2. The number of thiophene rings is 1. The van der Waals surface area contributed by atoms with Gasteiger partial charge in [-0.2, -0.15) is 16.1 Å². The molecule has 6 nitrogen and oxygen atoms in total. The van der Waals surface area contributed by atoms with Crippen LogP contribution in [0.5, 0.6) is 0 Å². The summed E-state index contributed by atoms with van der Waals surface area (Å²) in [5.74, 6) is -0.182. The number of nitrogen functional groups attached to an aromatic ring is 1. The van der Waals surface area contributed by atoms with E-state index >= 15 is 0 Å². The van der Waals surface area contributed by atoms with E-state index in [1.807, 2.05) is 16.8 Å². The smallest absolute Gasteiger partial charge is 0.241 e. The summed E-state index contributed by atoms with van der Waals surface area (Å²) in [6.45, 7) is 1.05. The van der Waals surface area contributed by atoms with Crippen LogP contribution in [0.3, 0.4) is 0 Å². The van der Waals surface area contributed by atoms with Crippen molar-refractivity contribution in [3.63, 3.8) is 0 Å². The number of nitrogens with one attached hydrogen (secondary N) is 1. The lowest BCUT2D eigenvalue weighted by atomic mass is 10.1. The third-order valence-corrected chi connectivity index (χ3v) is 6.90. The van der Waals surface area contributed by atoms with Crippen molar-refractivity contribution in [2.45, 2.75) is 23.9 Å². The topological polar surface area (TPSA) is 92.5 Å². The number of rotatable bonds is 5. The lowest BCUT2D eigenvalue weighted by molar-refractivity contribution is -0.129. The van der Waals surface area contributed by atoms with Gasteiger partial charge in [0.2, 0.25) is 15.9 Å². The summed E-state index contributed by atoms with van der Waals surface area (Å²) in [4.78, 5) is 14.4. The number of sulfonamides is 1. The summed E-state index contributed by atoms with van der Waals surface area (Å²) < 4.78 is 28.1. The number of nitrogens with zero attached hydrogens (tertiary/aromatic N) is 1. The maximum atomic E-state index is 12.8. The molecule has 0 aliphatic carbocycles. The number of fused-ring (bicyclic) bond motifs is 1. The molecule has 3 aromatic rings. The molecule has 1 amide bonds. The lowest BCUT2D eigenvalue weighted by Crippen LogP contribution is -2.41. The average molecular weight is 402 g/mol. The molecule has 140 valence electrons. The van der Waals surface area contributed by atoms with Crippen LogP contribution in [0, 0.1) is 0 Å². The van der Waals surface area contributed by atoms with Crippen LogP contribution in [-0.4, -0.2) is 31.8 Å². The molecule has 1 atom stereocenters. The molecule has 0 unspecified atom stereocenters. The summed E-state index contributed by atoms with van der Waals surface area (Å²) in [6, 6.07) is 11.4. The monoisotopic (exact) mass is 401 g/mol. The van der Waals surface area contributed by atoms with Gasteiger partial charge in [-0.25, -0.2) is 8.42 Å². The van der Waals surface area contributed by atoms with E-state index in [-0.39, 0.29) is 10.8 Å². The first kappa shape index (κ1) is 18.0. The second-order valence-electron chi connectivity index (χ2n) is 6.62. The molecule has 2 aromatic carbocycles. The van der Waals surface area contributed by atoms with Crippen molar-refractivity contribution in [1.29, 1.82) is 0 Å². The largest absolute Gasteiger partial charge is 0.399 e. The normalized spacial score (nSPS) is 17.7. The van der Waals surface area contributed by atoms with E-state index < -0.39 is 16.1 Å². The molecule has 0 spiro atoms. The van der Waals surface area contributed by atoms with Gasteiger partial charge < -0.3 is 10.6 Å². The molecule has 4 rings (SSSR count). The Labute approximate surface area is 161 Å². The summed E-state index contributed by atoms with van der Waals surface area (Å²) in [5.41, 5.74) is 7.45. The first-order valence-corrected chi connectivity index (χ1v) is 11.0. The van der Waals surface area contributed by atoms with Gasteiger partial charge >= 0.3 is 0 Å². The fourth-order valence-electron chi connectivity index (χ4n) is 3.27. The Balaban J connectivity index is 1.51. The van der Waals surface area contributed by atoms with Crippen molar-refractivity contribution in [3.8, 4) is 0 Å². The highest BCUT2D eigenvalue weighted by atomic mass is 32.2. The first-order chi connectivity index (χ1) is 12.9. The van der Waals surface area contributed by atoms with Gasteiger partial charge in [0, 0.05) is 18.8 Å². The predicted molar refractivity (Wildman–Crippen MR) is 107 cm³/mol. The van der Waals surface area contributed by atoms with Gasteiger partial charge in [0.15, 0.2) is 0 Å². The standard InChI is InChI=1S/C19H19N3O3S2/c20-16-3-1-15-10-17(4-2-14(15)9-16)27(24,25)21-18-5-7-22(19(18)23)11-13-6-8-26-12-13/h1-4,6,8-10,12,18,21H,5,7,11,20H2/t18-/m0/s1. The van der Waals surface area contributed by atoms with E-state index in [0.29, 0.717) is 25.2 Å². The molecule has 8 heteroatoms. The van der Waals surface area contributed by atoms with Gasteiger partial charge in [-0.15, -0.1) is 0 Å². The zero-order chi connectivity index (χ0) is 19.0. The van der Waals surface area contributed by atoms with Crippen molar-refractivity contribution in [3.05, 3.63) is 58.8 Å². The number of amides is 1. The summed E-state index contributed by atoms with van der Waals surface area (Å²) in [5, 5.41) is 5.60. The Morgan fingerprint density at radius 1 is 1.15 bits per heavy atom. The van der Waals surface area contributed by atoms with E-state index in [4.69, 9.17) is 5.73 Å². The van der Waals surface area contributed by atoms with Gasteiger partial charge in [0.25, 0.3) is 0 Å². The number of nitrogens with two attached hydrogens (primary N) is 1. The molecule has 1 saturated heterocycles. The van der Waals surface area contributed by atoms with Crippen molar-refractivity contribution in [2.24, 2.45) is 0 Å². The van der Waals surface area contributed by atoms with Crippen LogP contribution in [-0.2, 0) is 21.4 Å². The third kappa shape index (κ3) is 3.69. The number of likely N-dealkylation sites (tertiary alicyclic amines) is 1. The van der Waals surface area contributed by atoms with Crippen LogP contribution in [0.4, 0.5) is 5.69 Å². The second kappa shape index (κ2) is 6.95. The van der Waals surface area contributed by atoms with E-state index in [2.05, 4.69) is 4.72 Å². The van der Waals surface area contributed by atoms with Crippen LogP contribution in [0.1, 0.15) is 12.0 Å². The molecular weight excluding hydrogens is 382 g/mol. The summed E-state index contributed by atoms with van der Waals surface area (Å²) in [6.07, 6.45) is 0.465. The van der Waals surface area contributed by atoms with Crippen LogP contribution >= 0.6 is 11.3 Å². The molecule has 1 aromatic heterocycles. The van der Waals surface area contributed by atoms with Crippen molar-refractivity contribution in [2.75, 3.05) is 12.3 Å². The number of hydrogen-bond acceptors (Lipinski definition) is 5. The zero-order valence-corrected chi connectivity index (χ0v) is 16.1. The van der Waals surface area contributed by atoms with Gasteiger partial charge in [0.1, 0.15) is 6.04 Å². The number of carbonyl (C=O) groups excluding carboxylic acids is 1. The average Bonchev–Trinajstić information content (AvgIpc) is 3.26. The highest BCUT2D eigenvalue weighted by molar-refractivity contribution is 7.89. The number of anilines is 1. The lowest BCUT2D eigenvalue weighted by Gasteiger charge is -2.16. The molecule has 1 aliphatic heterocycles. The Morgan fingerprint density at radius 2 is 1.93 bits per heavy atom. The Hall–Kier alpha value is -2.42. The van der Waals surface area contributed by atoms with Gasteiger partial charge in [-0.3, -0.25) is 4.79 Å². The van der Waals surface area contributed by atoms with Gasteiger partial charge in [-0.05, 0) is 63.8 Å². The SMILES string of the molecule is Nc1ccc2cc(S(=O)(=O)N[C@H]3CCN(Cc4ccsc4)C3=O)ccc2c1. The Kier molecular flexibility index (Phi) is 4.63. The summed E-state index contributed by atoms with van der Waals surface area (Å²) in [7, 11) is -3.79. The molecule has 2 heterocycles. The number of carbonyl (C=O) groups is 1. The van der Waals surface area contributed by atoms with Crippen molar-refractivity contribution >= 4 is 43.7 Å². The van der Waals surface area contributed by atoms with E-state index in [0.717, 1.165) is 16.3 Å². The highest BCUT2D eigenvalue weighted by Gasteiger charge is 2.34. The Morgan fingerprint density at radius 3 is 2.70 bits per heavy atom. The first-order valence-electron chi connectivity index (χ1n) is 8.54. The van der Waals surface area contributed by atoms with Crippen LogP contribution in [0.25, 0.3) is 10.8 Å². The minimum absolute atomic E-state index is 0.142. The minimum Gasteiger partial charge on any atom is -0.399 e. The molecule has 1 aliphatic rings. The highest BCUT2D eigenvalue weighted by Crippen LogP contribution is 2.23. The minimum atomic E-state index is -3.79. The molecule has 3 N–H and O–H groups in total. The molecule has 0 saturated carbocycles. The fourth-order valence-corrected chi connectivity index (χ4v) is 5.19. The quantitative estimate of drug-likeness (QED) is 0.643. The zero-order valence-electron chi connectivity index (χ0n) is 14.5. The van der Waals surface area contributed by atoms with E-state index in [1.54, 1.807) is 46.6 Å². The van der Waals surface area contributed by atoms with Crippen LogP contribution in [0.15, 0.2) is 58.1 Å². The van der Waals surface area contributed by atoms with Gasteiger partial charge in [0.05, 0.1) is 4.90 Å². The maximum Gasteiger partial charge on any atom is 0.241 e. The molecule has 0 radical (unpaired) electrons. The number of hydrogen-bond donors (Lipinski definition) is 2. The molecule has 0 bridgehead atoms. The Bertz CT molecular complexity index is 1090. The van der Waals surface area contributed by atoms with Crippen molar-refractivity contribution in [1.82, 2.24) is 9.62 Å². The van der Waals surface area contributed by atoms with E-state index in [1.165, 1.54) is 6.07 Å². The van der Waals surface area contributed by atoms with Crippen molar-refractivity contribution < 1.29 is 13.2 Å². The molecule has 1 fully saturated rings.